The van der Waals surface area contributed by atoms with Crippen LogP contribution >= 0.6 is 0 Å². The summed E-state index contributed by atoms with van der Waals surface area (Å²) in [6.45, 7) is 9.66. The molecule has 0 heterocycles. The molecule has 0 radical (unpaired) electrons. The summed E-state index contributed by atoms with van der Waals surface area (Å²) in [4.78, 5) is 12.2. The predicted octanol–water partition coefficient (Wildman–Crippen LogP) is 4.61. The molecule has 2 rings (SSSR count). The van der Waals surface area contributed by atoms with Gasteiger partial charge >= 0.3 is 6.09 Å². The van der Waals surface area contributed by atoms with Crippen molar-refractivity contribution in [2.75, 3.05) is 5.73 Å². The number of nitrogen functional groups attached to an aromatic ring is 1. The third-order valence-corrected chi connectivity index (χ3v) is 3.76. The summed E-state index contributed by atoms with van der Waals surface area (Å²) in [5.74, 6) is 0.567. The molecule has 5 nitrogen and oxygen atoms in total. The van der Waals surface area contributed by atoms with Gasteiger partial charge in [0.1, 0.15) is 18.0 Å². The van der Waals surface area contributed by atoms with Crippen molar-refractivity contribution >= 4 is 11.8 Å². The Balaban J connectivity index is 2.22. The summed E-state index contributed by atoms with van der Waals surface area (Å²) < 4.78 is 11.4. The second-order valence-corrected chi connectivity index (χ2v) is 7.75. The van der Waals surface area contributed by atoms with E-state index in [0.717, 1.165) is 11.1 Å². The molecule has 0 atom stereocenters. The molecule has 140 valence electrons. The normalized spacial score (nSPS) is 11.7. The van der Waals surface area contributed by atoms with E-state index in [1.54, 1.807) is 6.07 Å². The SMILES string of the molecule is CC(C)(C)OC(=O)NC(C)(C)c1cccc(N)c1OCc1ccccc1. The number of para-hydroxylation sites is 1. The van der Waals surface area contributed by atoms with Crippen LogP contribution in [0.4, 0.5) is 10.5 Å². The van der Waals surface area contributed by atoms with Gasteiger partial charge in [0.2, 0.25) is 0 Å². The van der Waals surface area contributed by atoms with Gasteiger partial charge in [-0.3, -0.25) is 0 Å². The Bertz CT molecular complexity index is 750. The van der Waals surface area contributed by atoms with E-state index in [1.807, 2.05) is 77.1 Å². The minimum Gasteiger partial charge on any atom is -0.486 e. The number of nitrogens with one attached hydrogen (secondary N) is 1. The number of nitrogens with two attached hydrogens (primary N) is 1. The molecule has 0 bridgehead atoms. The fraction of sp³-hybridized carbons (Fsp3) is 0.381. The third-order valence-electron chi connectivity index (χ3n) is 3.76. The minimum atomic E-state index is -0.719. The van der Waals surface area contributed by atoms with Crippen LogP contribution in [-0.2, 0) is 16.9 Å². The maximum absolute atomic E-state index is 12.2. The molecule has 26 heavy (non-hydrogen) atoms. The number of rotatable bonds is 5. The molecule has 0 aromatic heterocycles. The number of hydrogen-bond acceptors (Lipinski definition) is 4. The Hall–Kier alpha value is -2.69. The smallest absolute Gasteiger partial charge is 0.408 e. The Labute approximate surface area is 155 Å². The number of ether oxygens (including phenoxy) is 2. The van der Waals surface area contributed by atoms with Gasteiger partial charge in [0, 0.05) is 5.56 Å². The maximum Gasteiger partial charge on any atom is 0.408 e. The largest absolute Gasteiger partial charge is 0.486 e. The van der Waals surface area contributed by atoms with E-state index in [-0.39, 0.29) is 0 Å². The zero-order valence-corrected chi connectivity index (χ0v) is 16.1. The fourth-order valence-corrected chi connectivity index (χ4v) is 2.56. The lowest BCUT2D eigenvalue weighted by Gasteiger charge is -2.30. The van der Waals surface area contributed by atoms with Crippen molar-refractivity contribution < 1.29 is 14.3 Å². The van der Waals surface area contributed by atoms with E-state index in [1.165, 1.54) is 0 Å². The predicted molar refractivity (Wildman–Crippen MR) is 104 cm³/mol. The Morgan fingerprint density at radius 2 is 1.65 bits per heavy atom. The number of anilines is 1. The fourth-order valence-electron chi connectivity index (χ4n) is 2.56. The second kappa shape index (κ2) is 7.68. The van der Waals surface area contributed by atoms with Gasteiger partial charge < -0.3 is 20.5 Å². The highest BCUT2D eigenvalue weighted by molar-refractivity contribution is 5.70. The van der Waals surface area contributed by atoms with Crippen LogP contribution < -0.4 is 15.8 Å². The van der Waals surface area contributed by atoms with Gasteiger partial charge in [-0.15, -0.1) is 0 Å². The first-order valence-electron chi connectivity index (χ1n) is 8.65. The van der Waals surface area contributed by atoms with E-state index in [9.17, 15) is 4.79 Å². The molecule has 0 aliphatic carbocycles. The van der Waals surface area contributed by atoms with Gasteiger partial charge in [0.25, 0.3) is 0 Å². The molecule has 3 N–H and O–H groups in total. The van der Waals surface area contributed by atoms with Crippen LogP contribution in [0.2, 0.25) is 0 Å². The van der Waals surface area contributed by atoms with Crippen LogP contribution in [0.3, 0.4) is 0 Å². The monoisotopic (exact) mass is 356 g/mol. The first kappa shape index (κ1) is 19.6. The molecule has 0 fully saturated rings. The molecule has 0 aliphatic heterocycles. The van der Waals surface area contributed by atoms with Crippen molar-refractivity contribution in [3.05, 3.63) is 59.7 Å². The standard InChI is InChI=1S/C21H28N2O3/c1-20(2,3)26-19(24)23-21(4,5)16-12-9-13-17(22)18(16)25-14-15-10-7-6-8-11-15/h6-13H,14,22H2,1-5H3,(H,23,24). The number of carbonyl (C=O) groups excluding carboxylic acids is 1. The molecule has 0 unspecified atom stereocenters. The Kier molecular flexibility index (Phi) is 5.80. The Morgan fingerprint density at radius 3 is 2.27 bits per heavy atom. The third kappa shape index (κ3) is 5.41. The van der Waals surface area contributed by atoms with E-state index in [2.05, 4.69) is 5.32 Å². The quantitative estimate of drug-likeness (QED) is 0.768. The zero-order valence-electron chi connectivity index (χ0n) is 16.1. The number of hydrogen-bond donors (Lipinski definition) is 2. The summed E-state index contributed by atoms with van der Waals surface area (Å²) in [6, 6.07) is 15.4. The highest BCUT2D eigenvalue weighted by Gasteiger charge is 2.29. The summed E-state index contributed by atoms with van der Waals surface area (Å²) >= 11 is 0. The number of carbonyl (C=O) groups is 1. The number of alkyl carbamates (subject to hydrolysis) is 1. The van der Waals surface area contributed by atoms with Gasteiger partial charge in [-0.1, -0.05) is 42.5 Å². The van der Waals surface area contributed by atoms with Crippen molar-refractivity contribution in [2.45, 2.75) is 52.4 Å². The van der Waals surface area contributed by atoms with Gasteiger partial charge in [-0.05, 0) is 46.2 Å². The highest BCUT2D eigenvalue weighted by Crippen LogP contribution is 2.35. The molecule has 2 aromatic carbocycles. The first-order valence-corrected chi connectivity index (χ1v) is 8.65. The van der Waals surface area contributed by atoms with Crippen molar-refractivity contribution in [1.82, 2.24) is 5.32 Å². The lowest BCUT2D eigenvalue weighted by molar-refractivity contribution is 0.0469. The second-order valence-electron chi connectivity index (χ2n) is 7.75. The molecule has 5 heteroatoms. The van der Waals surface area contributed by atoms with Crippen LogP contribution in [0, 0.1) is 0 Å². The highest BCUT2D eigenvalue weighted by atomic mass is 16.6. The van der Waals surface area contributed by atoms with E-state index in [4.69, 9.17) is 15.2 Å². The van der Waals surface area contributed by atoms with Crippen LogP contribution in [0.5, 0.6) is 5.75 Å². The van der Waals surface area contributed by atoms with E-state index in [0.29, 0.717) is 18.0 Å². The maximum atomic E-state index is 12.2. The molecular weight excluding hydrogens is 328 g/mol. The lowest BCUT2D eigenvalue weighted by Crippen LogP contribution is -2.44. The van der Waals surface area contributed by atoms with Crippen molar-refractivity contribution in [3.63, 3.8) is 0 Å². The molecule has 0 saturated heterocycles. The van der Waals surface area contributed by atoms with Crippen molar-refractivity contribution in [3.8, 4) is 5.75 Å². The zero-order chi connectivity index (χ0) is 19.4. The minimum absolute atomic E-state index is 0.393. The lowest BCUT2D eigenvalue weighted by atomic mass is 9.93. The molecule has 1 amide bonds. The van der Waals surface area contributed by atoms with E-state index >= 15 is 0 Å². The molecule has 2 aromatic rings. The van der Waals surface area contributed by atoms with Crippen LogP contribution in [0.25, 0.3) is 0 Å². The molecular formula is C21H28N2O3. The van der Waals surface area contributed by atoms with Crippen LogP contribution in [-0.4, -0.2) is 11.7 Å². The van der Waals surface area contributed by atoms with Gasteiger partial charge in [0.05, 0.1) is 11.2 Å². The number of amides is 1. The van der Waals surface area contributed by atoms with Crippen molar-refractivity contribution in [2.24, 2.45) is 0 Å². The average molecular weight is 356 g/mol. The van der Waals surface area contributed by atoms with Gasteiger partial charge in [-0.25, -0.2) is 4.79 Å². The molecule has 0 saturated carbocycles. The summed E-state index contributed by atoms with van der Waals surface area (Å²) in [5, 5.41) is 2.90. The van der Waals surface area contributed by atoms with Gasteiger partial charge in [-0.2, -0.15) is 0 Å². The summed E-state index contributed by atoms with van der Waals surface area (Å²) in [5.41, 5.74) is 7.22. The van der Waals surface area contributed by atoms with E-state index < -0.39 is 17.2 Å². The summed E-state index contributed by atoms with van der Waals surface area (Å²) in [6.07, 6.45) is -0.487. The van der Waals surface area contributed by atoms with Gasteiger partial charge in [0.15, 0.2) is 0 Å². The average Bonchev–Trinajstić information content (AvgIpc) is 2.52. The molecule has 0 aliphatic rings. The first-order chi connectivity index (χ1) is 12.1. The summed E-state index contributed by atoms with van der Waals surface area (Å²) in [7, 11) is 0. The Morgan fingerprint density at radius 1 is 1.00 bits per heavy atom. The topological polar surface area (TPSA) is 73.6 Å². The van der Waals surface area contributed by atoms with Crippen LogP contribution in [0.15, 0.2) is 48.5 Å². The molecule has 0 spiro atoms. The number of benzene rings is 2. The van der Waals surface area contributed by atoms with Crippen LogP contribution in [0.1, 0.15) is 45.7 Å². The van der Waals surface area contributed by atoms with Crippen molar-refractivity contribution in [1.29, 1.82) is 0 Å².